The van der Waals surface area contributed by atoms with Crippen molar-refractivity contribution < 1.29 is 9.13 Å². The quantitative estimate of drug-likeness (QED) is 0.855. The van der Waals surface area contributed by atoms with Crippen LogP contribution in [0.4, 0.5) is 4.39 Å². The molecule has 2 nitrogen and oxygen atoms in total. The van der Waals surface area contributed by atoms with Gasteiger partial charge in [0.2, 0.25) is 0 Å². The third-order valence-corrected chi connectivity index (χ3v) is 3.30. The van der Waals surface area contributed by atoms with Crippen LogP contribution in [-0.4, -0.2) is 5.60 Å². The number of hydrogen-bond acceptors (Lipinski definition) is 2. The van der Waals surface area contributed by atoms with Crippen molar-refractivity contribution in [3.05, 3.63) is 29.6 Å². The zero-order valence-electron chi connectivity index (χ0n) is 9.63. The highest BCUT2D eigenvalue weighted by atomic mass is 19.1. The van der Waals surface area contributed by atoms with E-state index in [1.54, 1.807) is 12.1 Å². The summed E-state index contributed by atoms with van der Waals surface area (Å²) < 4.78 is 19.4. The number of hydrogen-bond donors (Lipinski definition) is 1. The zero-order valence-corrected chi connectivity index (χ0v) is 9.63. The summed E-state index contributed by atoms with van der Waals surface area (Å²) in [5, 5.41) is 0. The van der Waals surface area contributed by atoms with Gasteiger partial charge in [0.1, 0.15) is 17.2 Å². The summed E-state index contributed by atoms with van der Waals surface area (Å²) in [6.07, 6.45) is 4.44. The molecule has 0 atom stereocenters. The lowest BCUT2D eigenvalue weighted by molar-refractivity contribution is 0.0950. The van der Waals surface area contributed by atoms with Gasteiger partial charge >= 0.3 is 0 Å². The molecule has 1 aliphatic rings. The minimum absolute atomic E-state index is 0.141. The normalized spacial score (nSPS) is 18.7. The van der Waals surface area contributed by atoms with Gasteiger partial charge in [0.15, 0.2) is 0 Å². The van der Waals surface area contributed by atoms with E-state index in [4.69, 9.17) is 10.5 Å². The van der Waals surface area contributed by atoms with E-state index in [9.17, 15) is 4.39 Å². The molecule has 3 heteroatoms. The first-order valence-corrected chi connectivity index (χ1v) is 5.81. The number of benzene rings is 1. The molecule has 1 fully saturated rings. The smallest absolute Gasteiger partial charge is 0.131 e. The molecular weight excluding hydrogens is 205 g/mol. The topological polar surface area (TPSA) is 35.2 Å². The second-order valence-corrected chi connectivity index (χ2v) is 4.68. The third kappa shape index (κ3) is 2.19. The summed E-state index contributed by atoms with van der Waals surface area (Å²) in [5.74, 6) is 0.327. The lowest BCUT2D eigenvalue weighted by atomic mass is 10.0. The Morgan fingerprint density at radius 3 is 2.69 bits per heavy atom. The summed E-state index contributed by atoms with van der Waals surface area (Å²) in [4.78, 5) is 0. The Morgan fingerprint density at radius 1 is 1.38 bits per heavy atom. The highest BCUT2D eigenvalue weighted by Gasteiger charge is 2.31. The molecule has 0 aliphatic heterocycles. The van der Waals surface area contributed by atoms with Crippen LogP contribution in [0.15, 0.2) is 18.2 Å². The Morgan fingerprint density at radius 2 is 2.06 bits per heavy atom. The molecule has 1 aromatic carbocycles. The second-order valence-electron chi connectivity index (χ2n) is 4.68. The summed E-state index contributed by atoms with van der Waals surface area (Å²) >= 11 is 0. The summed E-state index contributed by atoms with van der Waals surface area (Å²) in [7, 11) is 0. The molecular formula is C13H18FNO. The molecule has 0 saturated heterocycles. The lowest BCUT2D eigenvalue weighted by Gasteiger charge is -2.27. The molecule has 0 unspecified atom stereocenters. The fraction of sp³-hybridized carbons (Fsp3) is 0.538. The Kier molecular flexibility index (Phi) is 3.15. The van der Waals surface area contributed by atoms with Gasteiger partial charge in [-0.2, -0.15) is 0 Å². The van der Waals surface area contributed by atoms with Crippen LogP contribution in [0.5, 0.6) is 5.75 Å². The minimum Gasteiger partial charge on any atom is -0.487 e. The third-order valence-electron chi connectivity index (χ3n) is 3.30. The molecule has 0 spiro atoms. The van der Waals surface area contributed by atoms with Crippen LogP contribution >= 0.6 is 0 Å². The van der Waals surface area contributed by atoms with Crippen molar-refractivity contribution in [3.8, 4) is 5.75 Å². The van der Waals surface area contributed by atoms with Gasteiger partial charge in [-0.05, 0) is 44.7 Å². The average molecular weight is 223 g/mol. The standard InChI is InChI=1S/C13H18FNO/c1-13(7-2-3-8-13)16-12-6-4-5-11(14)10(12)9-15/h4-6H,2-3,7-9,15H2,1H3. The maximum Gasteiger partial charge on any atom is 0.131 e. The highest BCUT2D eigenvalue weighted by Crippen LogP contribution is 2.35. The maximum atomic E-state index is 13.5. The number of ether oxygens (including phenoxy) is 1. The van der Waals surface area contributed by atoms with E-state index in [1.807, 2.05) is 0 Å². The predicted molar refractivity (Wildman–Crippen MR) is 61.8 cm³/mol. The minimum atomic E-state index is -0.276. The van der Waals surface area contributed by atoms with Gasteiger partial charge in [-0.1, -0.05) is 6.07 Å². The molecule has 1 aliphatic carbocycles. The number of halogens is 1. The van der Waals surface area contributed by atoms with Gasteiger partial charge in [0, 0.05) is 12.1 Å². The van der Waals surface area contributed by atoms with E-state index >= 15 is 0 Å². The number of rotatable bonds is 3. The van der Waals surface area contributed by atoms with Gasteiger partial charge in [-0.3, -0.25) is 0 Å². The number of nitrogens with two attached hydrogens (primary N) is 1. The van der Waals surface area contributed by atoms with Gasteiger partial charge in [-0.25, -0.2) is 4.39 Å². The van der Waals surface area contributed by atoms with Crippen molar-refractivity contribution in [2.75, 3.05) is 0 Å². The fourth-order valence-electron chi connectivity index (χ4n) is 2.32. The molecule has 0 aromatic heterocycles. The van der Waals surface area contributed by atoms with Crippen LogP contribution in [0.2, 0.25) is 0 Å². The van der Waals surface area contributed by atoms with Crippen molar-refractivity contribution in [1.82, 2.24) is 0 Å². The molecule has 1 saturated carbocycles. The first kappa shape index (κ1) is 11.4. The first-order valence-electron chi connectivity index (χ1n) is 5.81. The van der Waals surface area contributed by atoms with Crippen LogP contribution < -0.4 is 10.5 Å². The lowest BCUT2D eigenvalue weighted by Crippen LogP contribution is -2.28. The monoisotopic (exact) mass is 223 g/mol. The van der Waals surface area contributed by atoms with Crippen LogP contribution in [-0.2, 0) is 6.54 Å². The molecule has 1 aromatic rings. The molecule has 0 heterocycles. The maximum absolute atomic E-state index is 13.5. The van der Waals surface area contributed by atoms with E-state index in [0.717, 1.165) is 12.8 Å². The van der Waals surface area contributed by atoms with Crippen molar-refractivity contribution >= 4 is 0 Å². The Balaban J connectivity index is 2.23. The first-order chi connectivity index (χ1) is 7.64. The molecule has 16 heavy (non-hydrogen) atoms. The van der Waals surface area contributed by atoms with Crippen LogP contribution in [0.25, 0.3) is 0 Å². The Labute approximate surface area is 95.6 Å². The van der Waals surface area contributed by atoms with Crippen LogP contribution in [0.3, 0.4) is 0 Å². The van der Waals surface area contributed by atoms with Gasteiger partial charge in [0.05, 0.1) is 0 Å². The van der Waals surface area contributed by atoms with Crippen molar-refractivity contribution in [1.29, 1.82) is 0 Å². The van der Waals surface area contributed by atoms with E-state index in [-0.39, 0.29) is 18.0 Å². The summed E-state index contributed by atoms with van der Waals surface area (Å²) in [6.45, 7) is 2.27. The molecule has 0 bridgehead atoms. The fourth-order valence-corrected chi connectivity index (χ4v) is 2.32. The molecule has 88 valence electrons. The van der Waals surface area contributed by atoms with E-state index < -0.39 is 0 Å². The van der Waals surface area contributed by atoms with E-state index in [2.05, 4.69) is 6.92 Å². The van der Waals surface area contributed by atoms with Crippen LogP contribution in [0.1, 0.15) is 38.2 Å². The molecule has 2 N–H and O–H groups in total. The SMILES string of the molecule is CC1(Oc2cccc(F)c2CN)CCCC1. The summed E-state index contributed by atoms with van der Waals surface area (Å²) in [5.41, 5.74) is 5.89. The van der Waals surface area contributed by atoms with Crippen molar-refractivity contribution in [3.63, 3.8) is 0 Å². The van der Waals surface area contributed by atoms with Crippen molar-refractivity contribution in [2.45, 2.75) is 44.8 Å². The van der Waals surface area contributed by atoms with Gasteiger partial charge in [-0.15, -0.1) is 0 Å². The largest absolute Gasteiger partial charge is 0.487 e. The predicted octanol–water partition coefficient (Wildman–Crippen LogP) is 3.00. The zero-order chi connectivity index (χ0) is 11.6. The molecule has 0 radical (unpaired) electrons. The second kappa shape index (κ2) is 4.42. The van der Waals surface area contributed by atoms with Gasteiger partial charge in [0.25, 0.3) is 0 Å². The van der Waals surface area contributed by atoms with E-state index in [1.165, 1.54) is 18.9 Å². The Hall–Kier alpha value is -1.09. The highest BCUT2D eigenvalue weighted by molar-refractivity contribution is 5.35. The molecule has 0 amide bonds. The van der Waals surface area contributed by atoms with Gasteiger partial charge < -0.3 is 10.5 Å². The average Bonchev–Trinajstić information content (AvgIpc) is 2.65. The van der Waals surface area contributed by atoms with Crippen LogP contribution in [0, 0.1) is 5.82 Å². The van der Waals surface area contributed by atoms with Crippen molar-refractivity contribution in [2.24, 2.45) is 5.73 Å². The summed E-state index contributed by atoms with van der Waals surface area (Å²) in [6, 6.07) is 4.89. The van der Waals surface area contributed by atoms with E-state index in [0.29, 0.717) is 11.3 Å². The Bertz CT molecular complexity index is 372. The molecule has 2 rings (SSSR count).